The predicted octanol–water partition coefficient (Wildman–Crippen LogP) is 5.88. The third-order valence-corrected chi connectivity index (χ3v) is 5.70. The normalized spacial score (nSPS) is 15.9. The van der Waals surface area contributed by atoms with Crippen molar-refractivity contribution in [3.05, 3.63) is 69.1 Å². The molecule has 1 aliphatic heterocycles. The molecule has 0 saturated carbocycles. The summed E-state index contributed by atoms with van der Waals surface area (Å²) in [6.45, 7) is 6.29. The highest BCUT2D eigenvalue weighted by Gasteiger charge is 2.34. The Kier molecular flexibility index (Phi) is 5.92. The largest absolute Gasteiger partial charge is 0.367 e. The van der Waals surface area contributed by atoms with Crippen LogP contribution in [0.1, 0.15) is 36.5 Å². The molecule has 0 bridgehead atoms. The van der Waals surface area contributed by atoms with E-state index in [1.54, 1.807) is 12.1 Å². The molecule has 1 heterocycles. The van der Waals surface area contributed by atoms with Gasteiger partial charge in [0.15, 0.2) is 0 Å². The number of amides is 2. The molecule has 1 aliphatic rings. The highest BCUT2D eigenvalue weighted by atomic mass is 35.5. The van der Waals surface area contributed by atoms with Crippen LogP contribution in [0.5, 0.6) is 0 Å². The quantitative estimate of drug-likeness (QED) is 0.637. The lowest BCUT2D eigenvalue weighted by Gasteiger charge is -2.15. The molecular weight excluding hydrogens is 380 g/mol. The summed E-state index contributed by atoms with van der Waals surface area (Å²) >= 11 is 7.07. The molecule has 0 radical (unpaired) electrons. The first kappa shape index (κ1) is 19.5. The van der Waals surface area contributed by atoms with E-state index in [1.807, 2.05) is 43.3 Å². The first-order chi connectivity index (χ1) is 12.8. The van der Waals surface area contributed by atoms with Crippen LogP contribution in [0.4, 0.5) is 10.5 Å². The molecule has 1 fully saturated rings. The average Bonchev–Trinajstić information content (AvgIpc) is 2.90. The Bertz CT molecular complexity index is 907. The third-order valence-electron chi connectivity index (χ3n) is 4.39. The second-order valence-corrected chi connectivity index (χ2v) is 8.13. The fourth-order valence-corrected chi connectivity index (χ4v) is 3.66. The number of anilines is 1. The van der Waals surface area contributed by atoms with E-state index in [0.717, 1.165) is 28.6 Å². The van der Waals surface area contributed by atoms with Gasteiger partial charge in [-0.3, -0.25) is 14.5 Å². The van der Waals surface area contributed by atoms with Crippen LogP contribution in [0.25, 0.3) is 6.08 Å². The summed E-state index contributed by atoms with van der Waals surface area (Å²) in [5.74, 6) is 0.163. The van der Waals surface area contributed by atoms with Crippen molar-refractivity contribution in [2.45, 2.75) is 26.7 Å². The van der Waals surface area contributed by atoms with Gasteiger partial charge in [-0.1, -0.05) is 55.8 Å². The molecule has 0 unspecified atom stereocenters. The second kappa shape index (κ2) is 8.19. The number of carbonyl (C=O) groups is 2. The zero-order chi connectivity index (χ0) is 19.6. The van der Waals surface area contributed by atoms with Crippen LogP contribution < -0.4 is 5.32 Å². The van der Waals surface area contributed by atoms with Crippen LogP contribution in [0.2, 0.25) is 5.02 Å². The molecule has 4 nitrogen and oxygen atoms in total. The van der Waals surface area contributed by atoms with Gasteiger partial charge in [0.05, 0.1) is 11.6 Å². The van der Waals surface area contributed by atoms with Crippen molar-refractivity contribution in [1.29, 1.82) is 0 Å². The minimum absolute atomic E-state index is 0.105. The number of benzene rings is 2. The minimum atomic E-state index is -0.288. The van der Waals surface area contributed by atoms with Crippen LogP contribution in [-0.2, 0) is 4.79 Å². The smallest absolute Gasteiger partial charge is 0.295 e. The molecule has 6 heteroatoms. The summed E-state index contributed by atoms with van der Waals surface area (Å²) in [4.78, 5) is 26.5. The fourth-order valence-electron chi connectivity index (χ4n) is 2.64. The number of rotatable bonds is 5. The van der Waals surface area contributed by atoms with E-state index in [-0.39, 0.29) is 17.8 Å². The maximum Gasteiger partial charge on any atom is 0.295 e. The van der Waals surface area contributed by atoms with Gasteiger partial charge in [-0.05, 0) is 59.5 Å². The summed E-state index contributed by atoms with van der Waals surface area (Å²) in [7, 11) is 0. The van der Waals surface area contributed by atoms with Crippen LogP contribution in [-0.4, -0.2) is 22.7 Å². The minimum Gasteiger partial charge on any atom is -0.367 e. The highest BCUT2D eigenvalue weighted by Crippen LogP contribution is 2.32. The Hall–Kier alpha value is -2.24. The van der Waals surface area contributed by atoms with Crippen molar-refractivity contribution in [2.75, 3.05) is 12.0 Å². The van der Waals surface area contributed by atoms with Crippen molar-refractivity contribution < 1.29 is 9.59 Å². The first-order valence-corrected chi connectivity index (χ1v) is 9.90. The summed E-state index contributed by atoms with van der Waals surface area (Å²) < 4.78 is 0. The Morgan fingerprint density at radius 1 is 1.15 bits per heavy atom. The van der Waals surface area contributed by atoms with E-state index in [0.29, 0.717) is 15.8 Å². The summed E-state index contributed by atoms with van der Waals surface area (Å²) in [6, 6.07) is 13.6. The van der Waals surface area contributed by atoms with Gasteiger partial charge in [-0.25, -0.2) is 0 Å². The number of aryl methyl sites for hydroxylation is 1. The lowest BCUT2D eigenvalue weighted by Crippen LogP contribution is -2.33. The van der Waals surface area contributed by atoms with Crippen LogP contribution in [0, 0.1) is 6.92 Å². The second-order valence-electron chi connectivity index (χ2n) is 6.73. The predicted molar refractivity (Wildman–Crippen MR) is 113 cm³/mol. The molecule has 3 rings (SSSR count). The van der Waals surface area contributed by atoms with Gasteiger partial charge >= 0.3 is 0 Å². The third kappa shape index (κ3) is 4.54. The van der Waals surface area contributed by atoms with Crippen LogP contribution in [0.3, 0.4) is 0 Å². The van der Waals surface area contributed by atoms with Gasteiger partial charge in [0.1, 0.15) is 0 Å². The molecule has 0 spiro atoms. The van der Waals surface area contributed by atoms with Gasteiger partial charge in [0.25, 0.3) is 11.1 Å². The van der Waals surface area contributed by atoms with E-state index in [4.69, 9.17) is 11.6 Å². The molecule has 2 amide bonds. The zero-order valence-corrected chi connectivity index (χ0v) is 17.0. The van der Waals surface area contributed by atoms with Crippen molar-refractivity contribution in [3.8, 4) is 0 Å². The first-order valence-electron chi connectivity index (χ1n) is 8.70. The van der Waals surface area contributed by atoms with Gasteiger partial charge < -0.3 is 5.32 Å². The van der Waals surface area contributed by atoms with Gasteiger partial charge in [0.2, 0.25) is 0 Å². The van der Waals surface area contributed by atoms with E-state index >= 15 is 0 Å². The Morgan fingerprint density at radius 2 is 1.85 bits per heavy atom. The lowest BCUT2D eigenvalue weighted by atomic mass is 10.0. The van der Waals surface area contributed by atoms with E-state index in [2.05, 4.69) is 19.2 Å². The van der Waals surface area contributed by atoms with Crippen LogP contribution >= 0.6 is 23.4 Å². The number of carbonyl (C=O) groups excluding carboxylic acids is 2. The van der Waals surface area contributed by atoms with Crippen molar-refractivity contribution in [3.63, 3.8) is 0 Å². The molecule has 0 aliphatic carbocycles. The number of nitrogens with one attached hydrogen (secondary N) is 1. The number of hydrogen-bond donors (Lipinski definition) is 1. The van der Waals surface area contributed by atoms with E-state index < -0.39 is 0 Å². The Morgan fingerprint density at radius 3 is 2.48 bits per heavy atom. The molecule has 0 atom stereocenters. The monoisotopic (exact) mass is 400 g/mol. The summed E-state index contributed by atoms with van der Waals surface area (Å²) in [5.41, 5.74) is 3.88. The lowest BCUT2D eigenvalue weighted by molar-refractivity contribution is -0.122. The number of imide groups is 1. The maximum absolute atomic E-state index is 12.6. The Balaban J connectivity index is 1.69. The molecule has 1 saturated heterocycles. The molecular formula is C21H21ClN2O2S. The average molecular weight is 401 g/mol. The maximum atomic E-state index is 12.6. The van der Waals surface area contributed by atoms with Crippen molar-refractivity contribution >= 4 is 46.3 Å². The molecule has 140 valence electrons. The number of halogens is 1. The standard InChI is InChI=1S/C21H21ClN2O2S/c1-13(2)16-7-5-15(6-8-16)10-19-20(25)24(21(26)27-19)12-23-17-9-4-14(3)18(22)11-17/h4-11,13,23H,12H2,1-3H3/b19-10+. The van der Waals surface area contributed by atoms with Gasteiger partial charge in [-0.2, -0.15) is 0 Å². The number of thioether (sulfide) groups is 1. The fraction of sp³-hybridized carbons (Fsp3) is 0.238. The number of hydrogen-bond acceptors (Lipinski definition) is 4. The number of nitrogens with zero attached hydrogens (tertiary/aromatic N) is 1. The van der Waals surface area contributed by atoms with Crippen molar-refractivity contribution in [2.24, 2.45) is 0 Å². The van der Waals surface area contributed by atoms with Gasteiger partial charge in [0, 0.05) is 10.7 Å². The molecule has 27 heavy (non-hydrogen) atoms. The van der Waals surface area contributed by atoms with Gasteiger partial charge in [-0.15, -0.1) is 0 Å². The molecule has 2 aromatic carbocycles. The van der Waals surface area contributed by atoms with Crippen LogP contribution in [0.15, 0.2) is 47.4 Å². The molecule has 2 aromatic rings. The van der Waals surface area contributed by atoms with E-state index in [9.17, 15) is 9.59 Å². The SMILES string of the molecule is Cc1ccc(NCN2C(=O)S/C(=C/c3ccc(C(C)C)cc3)C2=O)cc1Cl. The molecule has 1 N–H and O–H groups in total. The van der Waals surface area contributed by atoms with E-state index in [1.165, 1.54) is 10.5 Å². The molecule has 0 aromatic heterocycles. The topological polar surface area (TPSA) is 49.4 Å². The summed E-state index contributed by atoms with van der Waals surface area (Å²) in [6.07, 6.45) is 1.76. The van der Waals surface area contributed by atoms with Crippen molar-refractivity contribution in [1.82, 2.24) is 4.90 Å². The zero-order valence-electron chi connectivity index (χ0n) is 15.5. The summed E-state index contributed by atoms with van der Waals surface area (Å²) in [5, 5.41) is 3.44. The highest BCUT2D eigenvalue weighted by molar-refractivity contribution is 8.18. The Labute approximate surface area is 168 Å².